The van der Waals surface area contributed by atoms with Crippen molar-refractivity contribution in [2.45, 2.75) is 6.92 Å². The molecule has 0 saturated heterocycles. The normalized spacial score (nSPS) is 11.8. The Morgan fingerprint density at radius 1 is 0.300 bits per heavy atom. The van der Waals surface area contributed by atoms with Crippen molar-refractivity contribution in [2.75, 3.05) is 4.90 Å². The van der Waals surface area contributed by atoms with E-state index in [4.69, 9.17) is 17.7 Å². The third kappa shape index (κ3) is 5.48. The van der Waals surface area contributed by atoms with Crippen molar-refractivity contribution in [2.24, 2.45) is 0 Å². The van der Waals surface area contributed by atoms with Gasteiger partial charge in [-0.2, -0.15) is 0 Å². The number of fused-ring (bicyclic) bond motifs is 11. The van der Waals surface area contributed by atoms with Crippen LogP contribution in [0.25, 0.3) is 99.9 Å². The molecule has 4 heterocycles. The van der Waals surface area contributed by atoms with E-state index >= 15 is 0 Å². The lowest BCUT2D eigenvalue weighted by atomic mass is 9.98. The van der Waals surface area contributed by atoms with Gasteiger partial charge in [0.2, 0.25) is 0 Å². The SMILES string of the molecule is Cc1ccc(-c2cc3c4cc(-c5ccccc5)oc4c4c5oc(-c6ccccc6)cc5c5cc(-c6ccc(N(c7ccccc7)c7ccccc7)cc6)oc5c4c3o2)cc1. The molecule has 0 amide bonds. The van der Waals surface area contributed by atoms with Crippen LogP contribution in [0.5, 0.6) is 0 Å². The minimum atomic E-state index is 0.710. The third-order valence-corrected chi connectivity index (χ3v) is 11.6. The number of para-hydroxylation sites is 2. The maximum absolute atomic E-state index is 7.08. The summed E-state index contributed by atoms with van der Waals surface area (Å²) in [5.41, 5.74) is 11.2. The second kappa shape index (κ2) is 13.5. The predicted octanol–water partition coefficient (Wildman–Crippen LogP) is 16.3. The Balaban J connectivity index is 1.13. The fraction of sp³-hybridized carbons (Fsp3) is 0.0182. The topological polar surface area (TPSA) is 55.8 Å². The molecular formula is C55H35NO4. The zero-order chi connectivity index (χ0) is 39.7. The second-order valence-electron chi connectivity index (χ2n) is 15.3. The van der Waals surface area contributed by atoms with Gasteiger partial charge in [-0.25, -0.2) is 0 Å². The van der Waals surface area contributed by atoms with E-state index < -0.39 is 0 Å². The summed E-state index contributed by atoms with van der Waals surface area (Å²) in [4.78, 5) is 2.26. The average Bonchev–Trinajstić information content (AvgIpc) is 4.13. The van der Waals surface area contributed by atoms with Gasteiger partial charge >= 0.3 is 0 Å². The molecule has 0 spiro atoms. The Labute approximate surface area is 344 Å². The Hall–Kier alpha value is -8.02. The van der Waals surface area contributed by atoms with Gasteiger partial charge in [-0.3, -0.25) is 0 Å². The second-order valence-corrected chi connectivity index (χ2v) is 15.3. The van der Waals surface area contributed by atoms with E-state index in [1.165, 1.54) is 5.56 Å². The van der Waals surface area contributed by atoms with Gasteiger partial charge in [-0.05, 0) is 79.7 Å². The van der Waals surface area contributed by atoms with Crippen LogP contribution in [0.15, 0.2) is 212 Å². The Morgan fingerprint density at radius 2 is 0.583 bits per heavy atom. The number of nitrogens with zero attached hydrogens (tertiary/aromatic N) is 1. The van der Waals surface area contributed by atoms with E-state index in [-0.39, 0.29) is 0 Å². The number of hydrogen-bond donors (Lipinski definition) is 0. The molecule has 0 N–H and O–H groups in total. The first-order valence-corrected chi connectivity index (χ1v) is 20.1. The van der Waals surface area contributed by atoms with Crippen LogP contribution in [0.3, 0.4) is 0 Å². The van der Waals surface area contributed by atoms with Crippen molar-refractivity contribution >= 4 is 71.7 Å². The quantitative estimate of drug-likeness (QED) is 0.161. The number of aryl methyl sites for hydroxylation is 1. The Morgan fingerprint density at radius 3 is 0.933 bits per heavy atom. The highest BCUT2D eigenvalue weighted by Crippen LogP contribution is 2.50. The standard InChI is InChI=1S/C55H35NO4/c1-34-22-24-37(25-23-34)48-32-44-42-30-46(35-14-6-2-7-15-35)57-52(42)50-51(54(44)59-48)55-45(43-31-47(58-53(43)50)36-16-8-3-9-17-36)33-49(60-55)38-26-28-41(29-27-38)56(39-18-10-4-11-19-39)40-20-12-5-13-21-40/h2-33H,1H3. The molecule has 0 radical (unpaired) electrons. The first-order chi connectivity index (χ1) is 29.6. The largest absolute Gasteiger partial charge is 0.455 e. The van der Waals surface area contributed by atoms with Crippen molar-refractivity contribution in [1.29, 1.82) is 0 Å². The van der Waals surface area contributed by atoms with Gasteiger partial charge in [-0.15, -0.1) is 0 Å². The molecule has 0 saturated carbocycles. The molecule has 8 aromatic carbocycles. The Bertz CT molecular complexity index is 3460. The molecule has 5 nitrogen and oxygen atoms in total. The van der Waals surface area contributed by atoms with Gasteiger partial charge in [0.05, 0.1) is 10.8 Å². The summed E-state index contributed by atoms with van der Waals surface area (Å²) in [7, 11) is 0. The lowest BCUT2D eigenvalue weighted by Gasteiger charge is -2.25. The fourth-order valence-corrected chi connectivity index (χ4v) is 8.64. The van der Waals surface area contributed by atoms with Crippen LogP contribution in [0.4, 0.5) is 17.1 Å². The molecule has 5 heteroatoms. The fourth-order valence-electron chi connectivity index (χ4n) is 8.64. The smallest absolute Gasteiger partial charge is 0.147 e. The molecule has 0 atom stereocenters. The van der Waals surface area contributed by atoms with Crippen LogP contribution < -0.4 is 4.90 Å². The molecule has 0 aliphatic carbocycles. The van der Waals surface area contributed by atoms with E-state index in [1.807, 2.05) is 48.5 Å². The molecule has 12 aromatic rings. The molecule has 60 heavy (non-hydrogen) atoms. The maximum atomic E-state index is 7.08. The molecular weight excluding hydrogens is 739 g/mol. The summed E-state index contributed by atoms with van der Waals surface area (Å²) in [6.45, 7) is 2.09. The van der Waals surface area contributed by atoms with Gasteiger partial charge in [0, 0.05) is 60.9 Å². The van der Waals surface area contributed by atoms with Gasteiger partial charge in [-0.1, -0.05) is 127 Å². The van der Waals surface area contributed by atoms with Gasteiger partial charge in [0.1, 0.15) is 45.4 Å². The first kappa shape index (κ1) is 34.1. The number of rotatable bonds is 7. The van der Waals surface area contributed by atoms with E-state index in [0.717, 1.165) is 111 Å². The van der Waals surface area contributed by atoms with Crippen molar-refractivity contribution < 1.29 is 17.7 Å². The van der Waals surface area contributed by atoms with Crippen LogP contribution in [0.2, 0.25) is 0 Å². The van der Waals surface area contributed by atoms with Crippen molar-refractivity contribution in [3.8, 4) is 45.3 Å². The van der Waals surface area contributed by atoms with Crippen LogP contribution in [-0.2, 0) is 0 Å². The number of furan rings is 4. The van der Waals surface area contributed by atoms with Crippen LogP contribution in [-0.4, -0.2) is 0 Å². The summed E-state index contributed by atoms with van der Waals surface area (Å²) < 4.78 is 27.9. The van der Waals surface area contributed by atoms with Gasteiger partial charge in [0.25, 0.3) is 0 Å². The highest BCUT2D eigenvalue weighted by atomic mass is 16.4. The summed E-state index contributed by atoms with van der Waals surface area (Å²) in [6.07, 6.45) is 0. The zero-order valence-corrected chi connectivity index (χ0v) is 32.6. The number of hydrogen-bond acceptors (Lipinski definition) is 5. The highest BCUT2D eigenvalue weighted by molar-refractivity contribution is 6.36. The van der Waals surface area contributed by atoms with E-state index in [1.54, 1.807) is 0 Å². The Kier molecular flexibility index (Phi) is 7.69. The molecule has 284 valence electrons. The van der Waals surface area contributed by atoms with Crippen LogP contribution >= 0.6 is 0 Å². The summed E-state index contributed by atoms with van der Waals surface area (Å²) >= 11 is 0. The molecule has 0 aliphatic rings. The van der Waals surface area contributed by atoms with Crippen molar-refractivity contribution in [3.63, 3.8) is 0 Å². The predicted molar refractivity (Wildman–Crippen MR) is 244 cm³/mol. The number of benzene rings is 8. The van der Waals surface area contributed by atoms with E-state index in [9.17, 15) is 0 Å². The van der Waals surface area contributed by atoms with E-state index in [2.05, 4.69) is 157 Å². The average molecular weight is 774 g/mol. The molecule has 0 aliphatic heterocycles. The number of anilines is 3. The van der Waals surface area contributed by atoms with Crippen molar-refractivity contribution in [3.05, 3.63) is 200 Å². The molecule has 0 bridgehead atoms. The van der Waals surface area contributed by atoms with Crippen LogP contribution in [0.1, 0.15) is 5.56 Å². The van der Waals surface area contributed by atoms with Crippen LogP contribution in [0, 0.1) is 6.92 Å². The lowest BCUT2D eigenvalue weighted by Crippen LogP contribution is -2.09. The van der Waals surface area contributed by atoms with E-state index in [0.29, 0.717) is 5.58 Å². The molecule has 12 rings (SSSR count). The third-order valence-electron chi connectivity index (χ3n) is 11.6. The minimum Gasteiger partial charge on any atom is -0.455 e. The highest BCUT2D eigenvalue weighted by Gasteiger charge is 2.27. The van der Waals surface area contributed by atoms with Crippen molar-refractivity contribution in [1.82, 2.24) is 0 Å². The van der Waals surface area contributed by atoms with Gasteiger partial charge in [0.15, 0.2) is 0 Å². The maximum Gasteiger partial charge on any atom is 0.147 e. The molecule has 0 fully saturated rings. The first-order valence-electron chi connectivity index (χ1n) is 20.1. The lowest BCUT2D eigenvalue weighted by molar-refractivity contribution is 0.620. The van der Waals surface area contributed by atoms with Gasteiger partial charge < -0.3 is 22.6 Å². The molecule has 0 unspecified atom stereocenters. The zero-order valence-electron chi connectivity index (χ0n) is 32.6. The summed E-state index contributed by atoms with van der Waals surface area (Å²) in [6, 6.07) is 66.8. The molecule has 4 aromatic heterocycles. The monoisotopic (exact) mass is 773 g/mol. The summed E-state index contributed by atoms with van der Waals surface area (Å²) in [5, 5.41) is 5.38. The summed E-state index contributed by atoms with van der Waals surface area (Å²) in [5.74, 6) is 3.03. The minimum absolute atomic E-state index is 0.710.